The monoisotopic (exact) mass is 717 g/mol. The SMILES string of the molecule is CCOc1cc(/C=C2/SC(=O)N(Cc3ccccc3Br)C2=O)cc(I)c1OCc1ccc(Cl)cc1Cl. The fourth-order valence-electron chi connectivity index (χ4n) is 3.45. The van der Waals surface area contributed by atoms with Crippen LogP contribution in [0.4, 0.5) is 4.79 Å². The Morgan fingerprint density at radius 3 is 2.56 bits per heavy atom. The van der Waals surface area contributed by atoms with E-state index >= 15 is 0 Å². The maximum absolute atomic E-state index is 13.0. The van der Waals surface area contributed by atoms with Gasteiger partial charge in [-0.2, -0.15) is 0 Å². The normalized spacial score (nSPS) is 14.6. The van der Waals surface area contributed by atoms with Crippen LogP contribution in [0.2, 0.25) is 10.0 Å². The molecule has 0 N–H and O–H groups in total. The highest BCUT2D eigenvalue weighted by Crippen LogP contribution is 2.39. The number of thioether (sulfide) groups is 1. The van der Waals surface area contributed by atoms with Gasteiger partial charge in [-0.1, -0.05) is 63.4 Å². The molecular formula is C26H19BrCl2INO4S. The second-order valence-corrected chi connectivity index (χ2v) is 11.5. The van der Waals surface area contributed by atoms with E-state index in [0.29, 0.717) is 33.1 Å². The molecule has 5 nitrogen and oxygen atoms in total. The summed E-state index contributed by atoms with van der Waals surface area (Å²) in [6.45, 7) is 2.75. The van der Waals surface area contributed by atoms with Gasteiger partial charge in [0.2, 0.25) is 0 Å². The Morgan fingerprint density at radius 2 is 1.83 bits per heavy atom. The molecule has 0 saturated carbocycles. The van der Waals surface area contributed by atoms with Crippen molar-refractivity contribution in [2.24, 2.45) is 0 Å². The van der Waals surface area contributed by atoms with Crippen LogP contribution < -0.4 is 9.47 Å². The summed E-state index contributed by atoms with van der Waals surface area (Å²) in [7, 11) is 0. The van der Waals surface area contributed by atoms with Crippen molar-refractivity contribution < 1.29 is 19.1 Å². The second kappa shape index (κ2) is 12.2. The third-order valence-corrected chi connectivity index (χ3v) is 8.25. The molecule has 186 valence electrons. The van der Waals surface area contributed by atoms with Crippen molar-refractivity contribution >= 4 is 90.7 Å². The summed E-state index contributed by atoms with van der Waals surface area (Å²) >= 11 is 18.8. The van der Waals surface area contributed by atoms with Crippen molar-refractivity contribution in [1.29, 1.82) is 0 Å². The second-order valence-electron chi connectivity index (χ2n) is 7.65. The number of nitrogens with zero attached hydrogens (tertiary/aromatic N) is 1. The third kappa shape index (κ3) is 6.39. The summed E-state index contributed by atoms with van der Waals surface area (Å²) in [5.74, 6) is 0.780. The number of amides is 2. The molecule has 1 aliphatic heterocycles. The molecule has 1 fully saturated rings. The average Bonchev–Trinajstić information content (AvgIpc) is 3.08. The predicted octanol–water partition coefficient (Wildman–Crippen LogP) is 8.57. The first-order valence-corrected chi connectivity index (χ1v) is 14.2. The zero-order valence-electron chi connectivity index (χ0n) is 18.9. The van der Waals surface area contributed by atoms with E-state index in [2.05, 4.69) is 38.5 Å². The molecule has 36 heavy (non-hydrogen) atoms. The molecule has 0 radical (unpaired) electrons. The van der Waals surface area contributed by atoms with E-state index in [9.17, 15) is 9.59 Å². The number of imide groups is 1. The minimum absolute atomic E-state index is 0.200. The first kappa shape index (κ1) is 27.3. The Labute approximate surface area is 245 Å². The Morgan fingerprint density at radius 1 is 1.06 bits per heavy atom. The molecule has 1 aliphatic rings. The van der Waals surface area contributed by atoms with Gasteiger partial charge in [0.25, 0.3) is 11.1 Å². The van der Waals surface area contributed by atoms with E-state index in [1.165, 1.54) is 4.90 Å². The number of rotatable bonds is 8. The van der Waals surface area contributed by atoms with E-state index in [1.807, 2.05) is 43.3 Å². The van der Waals surface area contributed by atoms with Crippen LogP contribution in [-0.4, -0.2) is 22.7 Å². The number of hydrogen-bond donors (Lipinski definition) is 0. The summed E-state index contributed by atoms with van der Waals surface area (Å²) in [6.07, 6.45) is 1.70. The van der Waals surface area contributed by atoms with Gasteiger partial charge in [-0.3, -0.25) is 14.5 Å². The molecule has 3 aromatic rings. The highest BCUT2D eigenvalue weighted by molar-refractivity contribution is 14.1. The first-order chi connectivity index (χ1) is 17.3. The van der Waals surface area contributed by atoms with Crippen LogP contribution in [0.15, 0.2) is 64.0 Å². The van der Waals surface area contributed by atoms with E-state index < -0.39 is 0 Å². The number of halogens is 4. The van der Waals surface area contributed by atoms with Crippen LogP contribution in [0.1, 0.15) is 23.6 Å². The lowest BCUT2D eigenvalue weighted by molar-refractivity contribution is -0.123. The van der Waals surface area contributed by atoms with Crippen LogP contribution in [-0.2, 0) is 17.9 Å². The van der Waals surface area contributed by atoms with Gasteiger partial charge >= 0.3 is 0 Å². The van der Waals surface area contributed by atoms with Gasteiger partial charge in [0.05, 0.1) is 21.6 Å². The van der Waals surface area contributed by atoms with Crippen molar-refractivity contribution in [1.82, 2.24) is 4.90 Å². The molecule has 1 saturated heterocycles. The Hall–Kier alpha value is -1.72. The van der Waals surface area contributed by atoms with Crippen molar-refractivity contribution in [3.05, 3.63) is 94.3 Å². The molecular weight excluding hydrogens is 700 g/mol. The van der Waals surface area contributed by atoms with E-state index in [4.69, 9.17) is 32.7 Å². The van der Waals surface area contributed by atoms with Crippen molar-refractivity contribution in [2.75, 3.05) is 6.61 Å². The minimum atomic E-state index is -0.327. The van der Waals surface area contributed by atoms with E-state index in [0.717, 1.165) is 36.5 Å². The Balaban J connectivity index is 1.57. The topological polar surface area (TPSA) is 55.8 Å². The fraction of sp³-hybridized carbons (Fsp3) is 0.154. The standard InChI is InChI=1S/C26H19BrCl2INO4S/c1-2-34-22-10-15(9-21(30)24(22)35-14-17-7-8-18(28)12-20(17)29)11-23-25(32)31(26(33)36-23)13-16-5-3-4-6-19(16)27/h3-12H,2,13-14H2,1H3/b23-11+. The van der Waals surface area contributed by atoms with Crippen LogP contribution >= 0.6 is 73.5 Å². The summed E-state index contributed by atoms with van der Waals surface area (Å²) in [5, 5.41) is 0.769. The lowest BCUT2D eigenvalue weighted by Gasteiger charge is -2.15. The summed E-state index contributed by atoms with van der Waals surface area (Å²) in [5.41, 5.74) is 2.38. The first-order valence-electron chi connectivity index (χ1n) is 10.8. The molecule has 0 atom stereocenters. The van der Waals surface area contributed by atoms with Gasteiger partial charge < -0.3 is 9.47 Å². The maximum atomic E-state index is 13.0. The number of carbonyl (C=O) groups is 2. The van der Waals surface area contributed by atoms with Gasteiger partial charge in [0, 0.05) is 20.1 Å². The minimum Gasteiger partial charge on any atom is -0.490 e. The molecule has 0 unspecified atom stereocenters. The fourth-order valence-corrected chi connectivity index (χ4v) is 5.94. The van der Waals surface area contributed by atoms with Crippen molar-refractivity contribution in [3.63, 3.8) is 0 Å². The van der Waals surface area contributed by atoms with Crippen LogP contribution in [0.3, 0.4) is 0 Å². The van der Waals surface area contributed by atoms with Gasteiger partial charge in [-0.15, -0.1) is 0 Å². The van der Waals surface area contributed by atoms with Gasteiger partial charge in [-0.25, -0.2) is 0 Å². The number of carbonyl (C=O) groups excluding carboxylic acids is 2. The zero-order valence-corrected chi connectivity index (χ0v) is 25.0. The maximum Gasteiger partial charge on any atom is 0.293 e. The smallest absolute Gasteiger partial charge is 0.293 e. The highest BCUT2D eigenvalue weighted by atomic mass is 127. The molecule has 0 bridgehead atoms. The lowest BCUT2D eigenvalue weighted by Crippen LogP contribution is -2.27. The quantitative estimate of drug-likeness (QED) is 0.173. The molecule has 0 aromatic heterocycles. The van der Waals surface area contributed by atoms with Crippen molar-refractivity contribution in [2.45, 2.75) is 20.1 Å². The number of hydrogen-bond acceptors (Lipinski definition) is 5. The van der Waals surface area contributed by atoms with Gasteiger partial charge in [-0.05, 0) is 88.8 Å². The average molecular weight is 719 g/mol. The van der Waals surface area contributed by atoms with Gasteiger partial charge in [0.1, 0.15) is 6.61 Å². The lowest BCUT2D eigenvalue weighted by atomic mass is 10.1. The molecule has 1 heterocycles. The molecule has 2 amide bonds. The Kier molecular flexibility index (Phi) is 9.27. The highest BCUT2D eigenvalue weighted by Gasteiger charge is 2.35. The van der Waals surface area contributed by atoms with E-state index in [1.54, 1.807) is 24.3 Å². The molecule has 0 aliphatic carbocycles. The van der Waals surface area contributed by atoms with Crippen molar-refractivity contribution in [3.8, 4) is 11.5 Å². The summed E-state index contributed by atoms with van der Waals surface area (Å²) in [6, 6.07) is 16.4. The number of benzene rings is 3. The zero-order chi connectivity index (χ0) is 25.8. The van der Waals surface area contributed by atoms with Crippen LogP contribution in [0.5, 0.6) is 11.5 Å². The molecule has 10 heteroatoms. The number of ether oxygens (including phenoxy) is 2. The third-order valence-electron chi connectivity index (χ3n) is 5.18. The molecule has 4 rings (SSSR count). The largest absolute Gasteiger partial charge is 0.490 e. The van der Waals surface area contributed by atoms with Gasteiger partial charge in [0.15, 0.2) is 11.5 Å². The molecule has 0 spiro atoms. The van der Waals surface area contributed by atoms with Crippen LogP contribution in [0.25, 0.3) is 6.08 Å². The summed E-state index contributed by atoms with van der Waals surface area (Å²) < 4.78 is 13.5. The summed E-state index contributed by atoms with van der Waals surface area (Å²) in [4.78, 5) is 27.2. The predicted molar refractivity (Wildman–Crippen MR) is 157 cm³/mol. The molecule has 3 aromatic carbocycles. The van der Waals surface area contributed by atoms with E-state index in [-0.39, 0.29) is 24.3 Å². The Bertz CT molecular complexity index is 1370. The van der Waals surface area contributed by atoms with Crippen LogP contribution in [0, 0.1) is 3.57 Å².